The summed E-state index contributed by atoms with van der Waals surface area (Å²) in [5, 5.41) is 7.40. The molecule has 0 saturated heterocycles. The Labute approximate surface area is 185 Å². The number of aromatic nitrogens is 1. The first-order valence-corrected chi connectivity index (χ1v) is 11.0. The summed E-state index contributed by atoms with van der Waals surface area (Å²) in [4.78, 5) is 0. The van der Waals surface area contributed by atoms with Gasteiger partial charge in [0.25, 0.3) is 0 Å². The smallest absolute Gasteiger partial charge is 0.145 e. The normalized spacial score (nSPS) is 12.1. The average Bonchev–Trinajstić information content (AvgIpc) is 3.33. The van der Waals surface area contributed by atoms with Gasteiger partial charge in [0.2, 0.25) is 0 Å². The van der Waals surface area contributed by atoms with E-state index in [0.29, 0.717) is 0 Å². The highest BCUT2D eigenvalue weighted by atomic mass is 16.3. The van der Waals surface area contributed by atoms with E-state index in [1.807, 2.05) is 0 Å². The van der Waals surface area contributed by atoms with Gasteiger partial charge in [-0.1, -0.05) is 72.3 Å². The number of nitrogens with zero attached hydrogens (tertiary/aromatic N) is 1. The number of hydrogen-bond acceptors (Lipinski definition) is 1. The molecule has 7 rings (SSSR count). The lowest BCUT2D eigenvalue weighted by molar-refractivity contribution is 0.670. The van der Waals surface area contributed by atoms with Crippen LogP contribution in [0, 0.1) is 6.92 Å². The maximum absolute atomic E-state index is 6.62. The van der Waals surface area contributed by atoms with Gasteiger partial charge in [-0.2, -0.15) is 0 Å². The summed E-state index contributed by atoms with van der Waals surface area (Å²) in [6, 6.07) is 32.5. The van der Waals surface area contributed by atoms with E-state index in [1.165, 1.54) is 54.5 Å². The second kappa shape index (κ2) is 6.24. The number of aryl methyl sites for hydroxylation is 2. The molecule has 5 aromatic carbocycles. The Balaban J connectivity index is 1.81. The standard InChI is InChI=1S/C30H21NO/c1-18-12-14-25-22(16-18)23-17-24-28-21-11-7-6-8-19(21)13-15-26(28)32-30(24)27(29(23)31(25)2)20-9-4-3-5-10-20/h3-17H,1-2H3. The second-order valence-corrected chi connectivity index (χ2v) is 8.73. The highest BCUT2D eigenvalue weighted by Crippen LogP contribution is 2.45. The summed E-state index contributed by atoms with van der Waals surface area (Å²) in [6.07, 6.45) is 0. The van der Waals surface area contributed by atoms with Crippen molar-refractivity contribution in [1.29, 1.82) is 0 Å². The van der Waals surface area contributed by atoms with Crippen LogP contribution in [0.1, 0.15) is 5.56 Å². The van der Waals surface area contributed by atoms with Crippen LogP contribution < -0.4 is 0 Å². The van der Waals surface area contributed by atoms with Crippen LogP contribution in [0.2, 0.25) is 0 Å². The molecule has 0 N–H and O–H groups in total. The van der Waals surface area contributed by atoms with Crippen LogP contribution >= 0.6 is 0 Å². The fraction of sp³-hybridized carbons (Fsp3) is 0.0667. The first-order chi connectivity index (χ1) is 15.7. The van der Waals surface area contributed by atoms with Gasteiger partial charge >= 0.3 is 0 Å². The minimum Gasteiger partial charge on any atom is -0.455 e. The van der Waals surface area contributed by atoms with E-state index in [0.717, 1.165) is 16.7 Å². The Morgan fingerprint density at radius 1 is 0.688 bits per heavy atom. The fourth-order valence-corrected chi connectivity index (χ4v) is 5.38. The third-order valence-corrected chi connectivity index (χ3v) is 6.83. The van der Waals surface area contributed by atoms with E-state index in [9.17, 15) is 0 Å². The molecule has 2 heterocycles. The Kier molecular flexibility index (Phi) is 3.44. The molecule has 0 unspecified atom stereocenters. The number of benzene rings is 5. The molecule has 0 aliphatic heterocycles. The Hall–Kier alpha value is -4.04. The molecule has 0 aliphatic rings. The summed E-state index contributed by atoms with van der Waals surface area (Å²) in [5.74, 6) is 0. The van der Waals surface area contributed by atoms with Crippen molar-refractivity contribution in [3.05, 3.63) is 96.6 Å². The lowest BCUT2D eigenvalue weighted by atomic mass is 9.96. The maximum atomic E-state index is 6.62. The second-order valence-electron chi connectivity index (χ2n) is 8.73. The molecular weight excluding hydrogens is 390 g/mol. The summed E-state index contributed by atoms with van der Waals surface area (Å²) in [7, 11) is 2.16. The van der Waals surface area contributed by atoms with E-state index in [-0.39, 0.29) is 0 Å². The molecule has 0 fully saturated rings. The molecule has 0 saturated carbocycles. The number of fused-ring (bicyclic) bond motifs is 8. The topological polar surface area (TPSA) is 18.1 Å². The third-order valence-electron chi connectivity index (χ3n) is 6.83. The van der Waals surface area contributed by atoms with E-state index in [2.05, 4.69) is 110 Å². The minimum atomic E-state index is 0.937. The van der Waals surface area contributed by atoms with Crippen molar-refractivity contribution in [2.45, 2.75) is 6.92 Å². The number of furan rings is 1. The van der Waals surface area contributed by atoms with Gasteiger partial charge in [-0.05, 0) is 47.5 Å². The molecule has 2 heteroatoms. The van der Waals surface area contributed by atoms with Crippen molar-refractivity contribution in [2.75, 3.05) is 0 Å². The lowest BCUT2D eigenvalue weighted by Crippen LogP contribution is -1.90. The molecular formula is C30H21NO. The number of rotatable bonds is 1. The predicted octanol–water partition coefficient (Wildman–Crippen LogP) is 8.36. The number of hydrogen-bond donors (Lipinski definition) is 0. The molecule has 2 nitrogen and oxygen atoms in total. The lowest BCUT2D eigenvalue weighted by Gasteiger charge is -2.08. The van der Waals surface area contributed by atoms with E-state index >= 15 is 0 Å². The minimum absolute atomic E-state index is 0.937. The zero-order chi connectivity index (χ0) is 21.4. The van der Waals surface area contributed by atoms with Crippen LogP contribution in [-0.4, -0.2) is 4.57 Å². The van der Waals surface area contributed by atoms with Crippen molar-refractivity contribution in [3.63, 3.8) is 0 Å². The monoisotopic (exact) mass is 411 g/mol. The van der Waals surface area contributed by atoms with Crippen LogP contribution in [0.5, 0.6) is 0 Å². The van der Waals surface area contributed by atoms with Crippen LogP contribution in [0.4, 0.5) is 0 Å². The zero-order valence-electron chi connectivity index (χ0n) is 18.0. The molecule has 0 atom stereocenters. The van der Waals surface area contributed by atoms with E-state index < -0.39 is 0 Å². The van der Waals surface area contributed by atoms with Gasteiger partial charge in [0, 0.05) is 39.7 Å². The van der Waals surface area contributed by atoms with Gasteiger partial charge in [0.05, 0.1) is 5.52 Å². The molecule has 0 spiro atoms. The maximum Gasteiger partial charge on any atom is 0.145 e. The van der Waals surface area contributed by atoms with E-state index in [4.69, 9.17) is 4.42 Å². The fourth-order valence-electron chi connectivity index (χ4n) is 5.38. The van der Waals surface area contributed by atoms with Crippen LogP contribution in [0.25, 0.3) is 65.6 Å². The summed E-state index contributed by atoms with van der Waals surface area (Å²) < 4.78 is 8.93. The van der Waals surface area contributed by atoms with E-state index in [1.54, 1.807) is 0 Å². The van der Waals surface area contributed by atoms with Crippen molar-refractivity contribution in [2.24, 2.45) is 7.05 Å². The highest BCUT2D eigenvalue weighted by molar-refractivity contribution is 6.27. The van der Waals surface area contributed by atoms with Crippen LogP contribution in [-0.2, 0) is 7.05 Å². The Morgan fingerprint density at radius 2 is 1.50 bits per heavy atom. The summed E-state index contributed by atoms with van der Waals surface area (Å²) >= 11 is 0. The molecule has 152 valence electrons. The molecule has 0 radical (unpaired) electrons. The van der Waals surface area contributed by atoms with Gasteiger partial charge in [0.1, 0.15) is 11.2 Å². The molecule has 2 aromatic heterocycles. The van der Waals surface area contributed by atoms with Gasteiger partial charge < -0.3 is 8.98 Å². The Morgan fingerprint density at radius 3 is 2.38 bits per heavy atom. The van der Waals surface area contributed by atoms with Crippen LogP contribution in [0.3, 0.4) is 0 Å². The van der Waals surface area contributed by atoms with Gasteiger partial charge in [-0.3, -0.25) is 0 Å². The predicted molar refractivity (Wildman–Crippen MR) is 135 cm³/mol. The van der Waals surface area contributed by atoms with Gasteiger partial charge in [0.15, 0.2) is 0 Å². The first-order valence-electron chi connectivity index (χ1n) is 11.0. The van der Waals surface area contributed by atoms with Crippen molar-refractivity contribution >= 4 is 54.5 Å². The molecule has 0 bridgehead atoms. The highest BCUT2D eigenvalue weighted by Gasteiger charge is 2.21. The third kappa shape index (κ3) is 2.24. The van der Waals surface area contributed by atoms with Gasteiger partial charge in [-0.25, -0.2) is 0 Å². The van der Waals surface area contributed by atoms with Crippen molar-refractivity contribution in [1.82, 2.24) is 4.57 Å². The molecule has 32 heavy (non-hydrogen) atoms. The van der Waals surface area contributed by atoms with Crippen LogP contribution in [0.15, 0.2) is 95.4 Å². The average molecular weight is 412 g/mol. The quantitative estimate of drug-likeness (QED) is 0.265. The Bertz CT molecular complexity index is 1830. The zero-order valence-corrected chi connectivity index (χ0v) is 18.0. The SMILES string of the molecule is Cc1ccc2c(c1)c1cc3c(oc4ccc5ccccc5c43)c(-c3ccccc3)c1n2C. The molecule has 7 aromatic rings. The molecule has 0 aliphatic carbocycles. The van der Waals surface area contributed by atoms with Crippen molar-refractivity contribution < 1.29 is 4.42 Å². The van der Waals surface area contributed by atoms with Crippen molar-refractivity contribution in [3.8, 4) is 11.1 Å². The van der Waals surface area contributed by atoms with Gasteiger partial charge in [-0.15, -0.1) is 0 Å². The summed E-state index contributed by atoms with van der Waals surface area (Å²) in [6.45, 7) is 2.16. The molecule has 0 amide bonds. The largest absolute Gasteiger partial charge is 0.455 e. The first kappa shape index (κ1) is 17.6. The summed E-state index contributed by atoms with van der Waals surface area (Å²) in [5.41, 5.74) is 7.96.